The van der Waals surface area contributed by atoms with Gasteiger partial charge in [0.2, 0.25) is 11.8 Å². The molecule has 17 heavy (non-hydrogen) atoms. The lowest BCUT2D eigenvalue weighted by atomic mass is 10.1. The molecule has 5 heteroatoms. The number of nitrogens with two attached hydrogens (primary N) is 1. The highest BCUT2D eigenvalue weighted by Crippen LogP contribution is 2.24. The van der Waals surface area contributed by atoms with E-state index in [4.69, 9.17) is 17.3 Å². The van der Waals surface area contributed by atoms with Crippen molar-refractivity contribution in [2.24, 2.45) is 5.92 Å². The number of likely N-dealkylation sites (tertiary alicyclic amines) is 1. The molecular formula is C12H13ClN2O2. The van der Waals surface area contributed by atoms with Crippen molar-refractivity contribution in [2.45, 2.75) is 19.9 Å². The molecule has 2 amide bonds. The van der Waals surface area contributed by atoms with Crippen molar-refractivity contribution in [2.75, 3.05) is 5.73 Å². The smallest absolute Gasteiger partial charge is 0.232 e. The fourth-order valence-electron chi connectivity index (χ4n) is 1.89. The zero-order chi connectivity index (χ0) is 12.6. The van der Waals surface area contributed by atoms with Gasteiger partial charge in [0.05, 0.1) is 17.3 Å². The molecular weight excluding hydrogens is 240 g/mol. The Morgan fingerprint density at radius 1 is 1.47 bits per heavy atom. The first kappa shape index (κ1) is 11.9. The first-order valence-electron chi connectivity index (χ1n) is 5.37. The van der Waals surface area contributed by atoms with Crippen LogP contribution in [0, 0.1) is 5.92 Å². The number of nitrogen functional groups attached to an aromatic ring is 1. The Morgan fingerprint density at radius 3 is 2.71 bits per heavy atom. The second-order valence-corrected chi connectivity index (χ2v) is 4.69. The molecule has 0 saturated carbocycles. The number of rotatable bonds is 2. The lowest BCUT2D eigenvalue weighted by Gasteiger charge is -2.14. The van der Waals surface area contributed by atoms with Crippen LogP contribution < -0.4 is 5.73 Å². The molecule has 4 nitrogen and oxygen atoms in total. The van der Waals surface area contributed by atoms with Crippen LogP contribution in [0.25, 0.3) is 0 Å². The molecule has 1 unspecified atom stereocenters. The van der Waals surface area contributed by atoms with E-state index < -0.39 is 0 Å². The molecule has 1 aliphatic heterocycles. The molecule has 0 aliphatic carbocycles. The van der Waals surface area contributed by atoms with Gasteiger partial charge in [-0.15, -0.1) is 0 Å². The molecule has 1 saturated heterocycles. The zero-order valence-corrected chi connectivity index (χ0v) is 10.2. The maximum atomic E-state index is 11.7. The fraction of sp³-hybridized carbons (Fsp3) is 0.333. The molecule has 0 spiro atoms. The molecule has 1 atom stereocenters. The van der Waals surface area contributed by atoms with E-state index in [1.165, 1.54) is 4.90 Å². The van der Waals surface area contributed by atoms with Crippen molar-refractivity contribution in [1.29, 1.82) is 0 Å². The summed E-state index contributed by atoms with van der Waals surface area (Å²) in [6.07, 6.45) is 0.294. The standard InChI is InChI=1S/C12H13ClN2O2/c1-7-4-11(16)15(12(7)17)6-8-2-3-9(13)10(14)5-8/h2-3,5,7H,4,6,14H2,1H3. The number of carbonyl (C=O) groups is 2. The Kier molecular flexibility index (Phi) is 3.07. The lowest BCUT2D eigenvalue weighted by Crippen LogP contribution is -2.29. The molecule has 2 N–H and O–H groups in total. The molecule has 0 bridgehead atoms. The van der Waals surface area contributed by atoms with E-state index in [-0.39, 0.29) is 24.3 Å². The van der Waals surface area contributed by atoms with E-state index in [0.29, 0.717) is 17.1 Å². The first-order valence-corrected chi connectivity index (χ1v) is 5.75. The minimum absolute atomic E-state index is 0.122. The van der Waals surface area contributed by atoms with Gasteiger partial charge in [0.15, 0.2) is 0 Å². The van der Waals surface area contributed by atoms with Gasteiger partial charge in [-0.3, -0.25) is 14.5 Å². The monoisotopic (exact) mass is 252 g/mol. The van der Waals surface area contributed by atoms with Gasteiger partial charge in [-0.2, -0.15) is 0 Å². The summed E-state index contributed by atoms with van der Waals surface area (Å²) in [4.78, 5) is 24.6. The predicted octanol–water partition coefficient (Wildman–Crippen LogP) is 1.82. The molecule has 0 aromatic heterocycles. The average Bonchev–Trinajstić information content (AvgIpc) is 2.50. The highest BCUT2D eigenvalue weighted by molar-refractivity contribution is 6.33. The predicted molar refractivity (Wildman–Crippen MR) is 65.2 cm³/mol. The Bertz CT molecular complexity index is 487. The molecule has 2 rings (SSSR count). The van der Waals surface area contributed by atoms with Crippen LogP contribution in [0.4, 0.5) is 5.69 Å². The van der Waals surface area contributed by atoms with E-state index in [9.17, 15) is 9.59 Å². The Hall–Kier alpha value is -1.55. The van der Waals surface area contributed by atoms with Crippen LogP contribution in [0.3, 0.4) is 0 Å². The van der Waals surface area contributed by atoms with Crippen molar-refractivity contribution < 1.29 is 9.59 Å². The SMILES string of the molecule is CC1CC(=O)N(Cc2ccc(Cl)c(N)c2)C1=O. The number of halogens is 1. The number of amides is 2. The molecule has 1 aromatic carbocycles. The number of hydrogen-bond donors (Lipinski definition) is 1. The van der Waals surface area contributed by atoms with E-state index in [1.54, 1.807) is 25.1 Å². The van der Waals surface area contributed by atoms with Gasteiger partial charge < -0.3 is 5.73 Å². The summed E-state index contributed by atoms with van der Waals surface area (Å²) in [6.45, 7) is 2.03. The minimum Gasteiger partial charge on any atom is -0.398 e. The number of nitrogens with zero attached hydrogens (tertiary/aromatic N) is 1. The van der Waals surface area contributed by atoms with Crippen LogP contribution in [0.2, 0.25) is 5.02 Å². The summed E-state index contributed by atoms with van der Waals surface area (Å²) in [5.41, 5.74) is 6.93. The summed E-state index contributed by atoms with van der Waals surface area (Å²) in [6, 6.07) is 5.12. The fourth-order valence-corrected chi connectivity index (χ4v) is 2.01. The van der Waals surface area contributed by atoms with E-state index >= 15 is 0 Å². The number of hydrogen-bond acceptors (Lipinski definition) is 3. The molecule has 90 valence electrons. The summed E-state index contributed by atoms with van der Waals surface area (Å²) in [7, 11) is 0. The summed E-state index contributed by atoms with van der Waals surface area (Å²) >= 11 is 5.81. The van der Waals surface area contributed by atoms with Crippen molar-refractivity contribution >= 4 is 29.1 Å². The van der Waals surface area contributed by atoms with Gasteiger partial charge in [-0.05, 0) is 17.7 Å². The summed E-state index contributed by atoms with van der Waals surface area (Å²) < 4.78 is 0. The third kappa shape index (κ3) is 2.26. The third-order valence-corrected chi connectivity index (χ3v) is 3.21. The van der Waals surface area contributed by atoms with Crippen molar-refractivity contribution in [1.82, 2.24) is 4.90 Å². The van der Waals surface area contributed by atoms with E-state index in [0.717, 1.165) is 5.56 Å². The van der Waals surface area contributed by atoms with Crippen molar-refractivity contribution in [3.05, 3.63) is 28.8 Å². The van der Waals surface area contributed by atoms with Gasteiger partial charge in [-0.25, -0.2) is 0 Å². The Labute approximate surface area is 104 Å². The van der Waals surface area contributed by atoms with Gasteiger partial charge in [-0.1, -0.05) is 24.6 Å². The maximum Gasteiger partial charge on any atom is 0.232 e. The maximum absolute atomic E-state index is 11.7. The van der Waals surface area contributed by atoms with Gasteiger partial charge in [0.25, 0.3) is 0 Å². The van der Waals surface area contributed by atoms with Gasteiger partial charge in [0, 0.05) is 12.3 Å². The third-order valence-electron chi connectivity index (χ3n) is 2.87. The highest BCUT2D eigenvalue weighted by atomic mass is 35.5. The van der Waals surface area contributed by atoms with Crippen LogP contribution in [-0.2, 0) is 16.1 Å². The van der Waals surface area contributed by atoms with Crippen LogP contribution in [0.5, 0.6) is 0 Å². The van der Waals surface area contributed by atoms with Gasteiger partial charge in [0.1, 0.15) is 0 Å². The number of imide groups is 1. The molecule has 1 fully saturated rings. The van der Waals surface area contributed by atoms with Crippen LogP contribution in [-0.4, -0.2) is 16.7 Å². The number of anilines is 1. The van der Waals surface area contributed by atoms with Crippen molar-refractivity contribution in [3.8, 4) is 0 Å². The Morgan fingerprint density at radius 2 is 2.18 bits per heavy atom. The zero-order valence-electron chi connectivity index (χ0n) is 9.44. The molecule has 1 heterocycles. The normalized spacial score (nSPS) is 20.1. The van der Waals surface area contributed by atoms with Crippen LogP contribution in [0.1, 0.15) is 18.9 Å². The Balaban J connectivity index is 2.18. The largest absolute Gasteiger partial charge is 0.398 e. The minimum atomic E-state index is -0.216. The first-order chi connectivity index (χ1) is 7.99. The molecule has 1 aromatic rings. The summed E-state index contributed by atoms with van der Waals surface area (Å²) in [5.74, 6) is -0.466. The summed E-state index contributed by atoms with van der Waals surface area (Å²) in [5, 5.41) is 0.473. The van der Waals surface area contributed by atoms with Gasteiger partial charge >= 0.3 is 0 Å². The number of benzene rings is 1. The molecule has 1 aliphatic rings. The van der Waals surface area contributed by atoms with Crippen LogP contribution >= 0.6 is 11.6 Å². The lowest BCUT2D eigenvalue weighted by molar-refractivity contribution is -0.139. The van der Waals surface area contributed by atoms with E-state index in [1.807, 2.05) is 0 Å². The highest BCUT2D eigenvalue weighted by Gasteiger charge is 2.35. The van der Waals surface area contributed by atoms with Crippen LogP contribution in [0.15, 0.2) is 18.2 Å². The quantitative estimate of drug-likeness (QED) is 0.645. The molecule has 0 radical (unpaired) electrons. The van der Waals surface area contributed by atoms with Crippen molar-refractivity contribution in [3.63, 3.8) is 0 Å². The number of carbonyl (C=O) groups excluding carboxylic acids is 2. The topological polar surface area (TPSA) is 63.4 Å². The average molecular weight is 253 g/mol. The van der Waals surface area contributed by atoms with E-state index in [2.05, 4.69) is 0 Å². The second-order valence-electron chi connectivity index (χ2n) is 4.28. The second kappa shape index (κ2) is 4.37.